The highest BCUT2D eigenvalue weighted by Gasteiger charge is 2.29. The van der Waals surface area contributed by atoms with Crippen LogP contribution in [0.4, 0.5) is 0 Å². The normalized spacial score (nSPS) is 12.6. The Morgan fingerprint density at radius 1 is 1.13 bits per heavy atom. The Morgan fingerprint density at radius 2 is 1.81 bits per heavy atom. The smallest absolute Gasteiger partial charge is 0.259 e. The van der Waals surface area contributed by atoms with E-state index in [2.05, 4.69) is 15.3 Å². The lowest BCUT2D eigenvalue weighted by molar-refractivity contribution is -0.125. The molecule has 4 rings (SSSR count). The molecule has 0 bridgehead atoms. The first kappa shape index (κ1) is 20.7. The zero-order chi connectivity index (χ0) is 22.3. The van der Waals surface area contributed by atoms with E-state index >= 15 is 0 Å². The summed E-state index contributed by atoms with van der Waals surface area (Å²) in [4.78, 5) is 34.6. The number of hydrogen-bond donors (Lipinski definition) is 2. The number of pyridine rings is 2. The summed E-state index contributed by atoms with van der Waals surface area (Å²) in [5.74, 6) is 0.660. The molecular weight excluding hydrogens is 396 g/mol. The second-order valence-electron chi connectivity index (χ2n) is 7.77. The van der Waals surface area contributed by atoms with E-state index in [1.54, 1.807) is 36.2 Å². The van der Waals surface area contributed by atoms with Gasteiger partial charge in [0.25, 0.3) is 5.56 Å². The van der Waals surface area contributed by atoms with Crippen molar-refractivity contribution in [2.45, 2.75) is 26.8 Å². The maximum Gasteiger partial charge on any atom is 0.259 e. The summed E-state index contributed by atoms with van der Waals surface area (Å²) in [5, 5.41) is 5.56. The lowest BCUT2D eigenvalue weighted by Crippen LogP contribution is -2.40. The van der Waals surface area contributed by atoms with Crippen LogP contribution in [0, 0.1) is 5.92 Å². The van der Waals surface area contributed by atoms with Crippen LogP contribution < -0.4 is 20.3 Å². The lowest BCUT2D eigenvalue weighted by atomic mass is 9.99. The van der Waals surface area contributed by atoms with Gasteiger partial charge in [-0.15, -0.1) is 0 Å². The Labute approximate surface area is 179 Å². The van der Waals surface area contributed by atoms with Gasteiger partial charge in [0.1, 0.15) is 11.7 Å². The molecule has 1 atom stereocenters. The molecule has 0 fully saturated rings. The lowest BCUT2D eigenvalue weighted by Gasteiger charge is -2.25. The summed E-state index contributed by atoms with van der Waals surface area (Å²) in [6.45, 7) is 6.22. The van der Waals surface area contributed by atoms with E-state index < -0.39 is 6.04 Å². The number of fused-ring (bicyclic) bond motifs is 5. The van der Waals surface area contributed by atoms with Crippen molar-refractivity contribution in [2.75, 3.05) is 20.8 Å². The number of nitrogens with one attached hydrogen (secondary N) is 2. The quantitative estimate of drug-likeness (QED) is 0.464. The van der Waals surface area contributed by atoms with Gasteiger partial charge in [0, 0.05) is 35.1 Å². The molecule has 0 aliphatic rings. The average molecular weight is 422 g/mol. The van der Waals surface area contributed by atoms with E-state index in [1.807, 2.05) is 26.8 Å². The van der Waals surface area contributed by atoms with Gasteiger partial charge in [-0.3, -0.25) is 14.2 Å². The fourth-order valence-corrected chi connectivity index (χ4v) is 4.22. The van der Waals surface area contributed by atoms with Gasteiger partial charge in [-0.05, 0) is 31.0 Å². The van der Waals surface area contributed by atoms with Gasteiger partial charge < -0.3 is 19.8 Å². The van der Waals surface area contributed by atoms with Crippen LogP contribution >= 0.6 is 0 Å². The minimum atomic E-state index is -0.687. The van der Waals surface area contributed by atoms with E-state index in [4.69, 9.17) is 9.47 Å². The van der Waals surface area contributed by atoms with Gasteiger partial charge in [-0.2, -0.15) is 0 Å². The van der Waals surface area contributed by atoms with Crippen LogP contribution in [0.3, 0.4) is 0 Å². The fraction of sp³-hybridized carbons (Fsp3) is 0.348. The summed E-state index contributed by atoms with van der Waals surface area (Å²) < 4.78 is 12.5. The molecule has 1 unspecified atom stereocenters. The molecule has 0 saturated carbocycles. The molecular formula is C23H26N4O4. The number of carbonyl (C=O) groups excluding carboxylic acids is 1. The van der Waals surface area contributed by atoms with Crippen molar-refractivity contribution in [1.29, 1.82) is 0 Å². The Kier molecular flexibility index (Phi) is 5.31. The third kappa shape index (κ3) is 3.19. The number of aromatic nitrogens is 3. The molecule has 0 saturated heterocycles. The number of aromatic amines is 1. The number of rotatable bonds is 6. The van der Waals surface area contributed by atoms with Crippen LogP contribution in [0.5, 0.6) is 11.5 Å². The monoisotopic (exact) mass is 422 g/mol. The summed E-state index contributed by atoms with van der Waals surface area (Å²) in [6.07, 6.45) is 3.51. The second-order valence-corrected chi connectivity index (χ2v) is 7.77. The largest absolute Gasteiger partial charge is 0.493 e. The molecule has 1 amide bonds. The molecule has 8 nitrogen and oxygen atoms in total. The van der Waals surface area contributed by atoms with Gasteiger partial charge in [0.2, 0.25) is 5.91 Å². The summed E-state index contributed by atoms with van der Waals surface area (Å²) in [5.41, 5.74) is 1.06. The number of ether oxygens (including phenoxy) is 2. The molecule has 0 radical (unpaired) electrons. The van der Waals surface area contributed by atoms with E-state index in [0.717, 1.165) is 10.8 Å². The first-order valence-electron chi connectivity index (χ1n) is 10.3. The number of benzene rings is 1. The van der Waals surface area contributed by atoms with Crippen molar-refractivity contribution < 1.29 is 14.3 Å². The van der Waals surface area contributed by atoms with Crippen LogP contribution in [-0.4, -0.2) is 41.2 Å². The first-order chi connectivity index (χ1) is 14.9. The molecule has 3 aromatic heterocycles. The van der Waals surface area contributed by atoms with Crippen molar-refractivity contribution in [1.82, 2.24) is 19.9 Å². The number of nitrogens with zero attached hydrogens (tertiary/aromatic N) is 2. The van der Waals surface area contributed by atoms with Crippen LogP contribution in [0.1, 0.15) is 26.8 Å². The van der Waals surface area contributed by atoms with E-state index in [0.29, 0.717) is 40.0 Å². The van der Waals surface area contributed by atoms with Gasteiger partial charge >= 0.3 is 0 Å². The standard InChI is InChI=1S/C23H26N4O4/c1-6-24-22(28)19(12(2)3)27-20-13-7-8-25-21(13)26-11-16(20)14-9-17(30-4)18(31-5)10-15(14)23(27)29/h7-12,19H,6H2,1-5H3,(H,24,28)(H,25,26). The maximum atomic E-state index is 13.9. The molecule has 0 spiro atoms. The third-order valence-electron chi connectivity index (χ3n) is 5.59. The molecule has 4 aromatic rings. The van der Waals surface area contributed by atoms with Crippen LogP contribution in [0.2, 0.25) is 0 Å². The SMILES string of the molecule is CCNC(=O)C(C(C)C)n1c(=O)c2cc(OC)c(OC)cc2c2cnc3[nH]ccc3c21. The van der Waals surface area contributed by atoms with Crippen molar-refractivity contribution in [2.24, 2.45) is 5.92 Å². The number of carbonyl (C=O) groups is 1. The molecule has 1 aromatic carbocycles. The van der Waals surface area contributed by atoms with E-state index in [1.165, 1.54) is 7.11 Å². The zero-order valence-electron chi connectivity index (χ0n) is 18.3. The van der Waals surface area contributed by atoms with E-state index in [-0.39, 0.29) is 17.4 Å². The Morgan fingerprint density at radius 3 is 2.42 bits per heavy atom. The van der Waals surface area contributed by atoms with Crippen LogP contribution in [0.15, 0.2) is 35.4 Å². The van der Waals surface area contributed by atoms with Crippen molar-refractivity contribution in [3.8, 4) is 11.5 Å². The molecule has 8 heteroatoms. The fourth-order valence-electron chi connectivity index (χ4n) is 4.22. The van der Waals surface area contributed by atoms with Crippen LogP contribution in [0.25, 0.3) is 32.7 Å². The molecule has 0 aliphatic carbocycles. The molecule has 31 heavy (non-hydrogen) atoms. The summed E-state index contributed by atoms with van der Waals surface area (Å²) in [6, 6.07) is 4.65. The summed E-state index contributed by atoms with van der Waals surface area (Å²) >= 11 is 0. The number of amides is 1. The van der Waals surface area contributed by atoms with Gasteiger partial charge in [0.15, 0.2) is 11.5 Å². The highest BCUT2D eigenvalue weighted by atomic mass is 16.5. The minimum Gasteiger partial charge on any atom is -0.493 e. The predicted molar refractivity (Wildman–Crippen MR) is 121 cm³/mol. The third-order valence-corrected chi connectivity index (χ3v) is 5.59. The number of H-pyrrole nitrogens is 1. The second kappa shape index (κ2) is 7.94. The van der Waals surface area contributed by atoms with E-state index in [9.17, 15) is 9.59 Å². The Balaban J connectivity index is 2.24. The Bertz CT molecular complexity index is 1350. The molecule has 0 aliphatic heterocycles. The number of hydrogen-bond acceptors (Lipinski definition) is 5. The highest BCUT2D eigenvalue weighted by Crippen LogP contribution is 2.37. The molecule has 162 valence electrons. The van der Waals surface area contributed by atoms with Crippen molar-refractivity contribution in [3.05, 3.63) is 40.9 Å². The summed E-state index contributed by atoms with van der Waals surface area (Å²) in [7, 11) is 3.08. The first-order valence-corrected chi connectivity index (χ1v) is 10.3. The predicted octanol–water partition coefficient (Wildman–Crippen LogP) is 3.38. The van der Waals surface area contributed by atoms with Gasteiger partial charge in [-0.1, -0.05) is 13.8 Å². The van der Waals surface area contributed by atoms with Gasteiger partial charge in [-0.25, -0.2) is 4.98 Å². The highest BCUT2D eigenvalue weighted by molar-refractivity contribution is 6.14. The Hall–Kier alpha value is -3.55. The average Bonchev–Trinajstić information content (AvgIpc) is 3.24. The van der Waals surface area contributed by atoms with Crippen molar-refractivity contribution >= 4 is 38.6 Å². The topological polar surface area (TPSA) is 98.2 Å². The minimum absolute atomic E-state index is 0.118. The molecule has 2 N–H and O–H groups in total. The number of methoxy groups -OCH3 is 2. The van der Waals surface area contributed by atoms with Crippen molar-refractivity contribution in [3.63, 3.8) is 0 Å². The molecule has 3 heterocycles. The maximum absolute atomic E-state index is 13.9. The zero-order valence-corrected chi connectivity index (χ0v) is 18.3. The van der Waals surface area contributed by atoms with Crippen LogP contribution in [-0.2, 0) is 4.79 Å². The number of likely N-dealkylation sites (N-methyl/N-ethyl adjacent to an activating group) is 1. The van der Waals surface area contributed by atoms with Gasteiger partial charge in [0.05, 0.1) is 25.1 Å².